The van der Waals surface area contributed by atoms with Crippen molar-refractivity contribution in [3.8, 4) is 5.75 Å². The van der Waals surface area contributed by atoms with Crippen molar-refractivity contribution in [1.29, 1.82) is 0 Å². The molecule has 2 rings (SSSR count). The highest BCUT2D eigenvalue weighted by Gasteiger charge is 2.27. The van der Waals surface area contributed by atoms with Crippen LogP contribution in [-0.4, -0.2) is 40.1 Å². The van der Waals surface area contributed by atoms with E-state index < -0.39 is 6.04 Å². The van der Waals surface area contributed by atoms with Gasteiger partial charge in [-0.2, -0.15) is 0 Å². The summed E-state index contributed by atoms with van der Waals surface area (Å²) >= 11 is 0. The van der Waals surface area contributed by atoms with Crippen LogP contribution >= 0.6 is 0 Å². The molecule has 5 nitrogen and oxygen atoms in total. The SMILES string of the molecule is CCOc1ccc(C(C(=O)N(CC)CCC(C)C)n2cnc(CC)c2)cc1. The molecular weight excluding hydrogens is 338 g/mol. The molecule has 0 N–H and O–H groups in total. The molecule has 1 unspecified atom stereocenters. The lowest BCUT2D eigenvalue weighted by Crippen LogP contribution is -2.38. The third kappa shape index (κ3) is 5.59. The molecule has 0 saturated carbocycles. The monoisotopic (exact) mass is 371 g/mol. The van der Waals surface area contributed by atoms with Crippen molar-refractivity contribution in [2.75, 3.05) is 19.7 Å². The summed E-state index contributed by atoms with van der Waals surface area (Å²) in [6, 6.07) is 7.42. The van der Waals surface area contributed by atoms with Gasteiger partial charge in [-0.25, -0.2) is 4.98 Å². The van der Waals surface area contributed by atoms with E-state index in [9.17, 15) is 4.79 Å². The first kappa shape index (κ1) is 21.0. The summed E-state index contributed by atoms with van der Waals surface area (Å²) in [5.74, 6) is 1.50. The van der Waals surface area contributed by atoms with E-state index in [1.807, 2.05) is 53.8 Å². The van der Waals surface area contributed by atoms with Crippen molar-refractivity contribution in [2.24, 2.45) is 5.92 Å². The molecule has 1 aromatic heterocycles. The number of hydrogen-bond donors (Lipinski definition) is 0. The van der Waals surface area contributed by atoms with Crippen molar-refractivity contribution < 1.29 is 9.53 Å². The van der Waals surface area contributed by atoms with Crippen LogP contribution in [0.2, 0.25) is 0 Å². The van der Waals surface area contributed by atoms with E-state index in [4.69, 9.17) is 4.74 Å². The van der Waals surface area contributed by atoms with Gasteiger partial charge in [0.1, 0.15) is 11.8 Å². The number of carbonyl (C=O) groups is 1. The molecule has 1 aromatic carbocycles. The lowest BCUT2D eigenvalue weighted by atomic mass is 10.0. The van der Waals surface area contributed by atoms with Gasteiger partial charge in [0, 0.05) is 19.3 Å². The Balaban J connectivity index is 2.35. The van der Waals surface area contributed by atoms with E-state index in [2.05, 4.69) is 25.8 Å². The Hall–Kier alpha value is -2.30. The van der Waals surface area contributed by atoms with Crippen molar-refractivity contribution in [1.82, 2.24) is 14.5 Å². The number of aromatic nitrogens is 2. The second-order valence-corrected chi connectivity index (χ2v) is 7.17. The zero-order valence-corrected chi connectivity index (χ0v) is 17.3. The normalized spacial score (nSPS) is 12.2. The van der Waals surface area contributed by atoms with Crippen LogP contribution < -0.4 is 4.74 Å². The van der Waals surface area contributed by atoms with Crippen molar-refractivity contribution in [3.05, 3.63) is 48.0 Å². The number of carbonyl (C=O) groups excluding carboxylic acids is 1. The Bertz CT molecular complexity index is 707. The molecule has 0 saturated heterocycles. The molecule has 0 fully saturated rings. The molecule has 1 atom stereocenters. The number of amides is 1. The fourth-order valence-corrected chi connectivity index (χ4v) is 3.07. The molecule has 0 bridgehead atoms. The molecule has 1 amide bonds. The van der Waals surface area contributed by atoms with E-state index in [0.717, 1.165) is 36.4 Å². The highest BCUT2D eigenvalue weighted by molar-refractivity contribution is 5.83. The highest BCUT2D eigenvalue weighted by Crippen LogP contribution is 2.24. The first-order valence-electron chi connectivity index (χ1n) is 10.0. The van der Waals surface area contributed by atoms with Gasteiger partial charge >= 0.3 is 0 Å². The van der Waals surface area contributed by atoms with Gasteiger partial charge in [0.05, 0.1) is 18.6 Å². The second-order valence-electron chi connectivity index (χ2n) is 7.17. The number of nitrogens with zero attached hydrogens (tertiary/aromatic N) is 3. The number of benzene rings is 1. The predicted octanol–water partition coefficient (Wildman–Crippen LogP) is 4.33. The standard InChI is InChI=1S/C22H33N3O2/c1-6-19-15-25(16-23-19)21(18-9-11-20(12-10-18)27-8-3)22(26)24(7-2)14-13-17(4)5/h9-12,15-17,21H,6-8,13-14H2,1-5H3. The number of rotatable bonds is 10. The summed E-state index contributed by atoms with van der Waals surface area (Å²) in [6.07, 6.45) is 5.60. The summed E-state index contributed by atoms with van der Waals surface area (Å²) in [7, 11) is 0. The van der Waals surface area contributed by atoms with Crippen LogP contribution in [0.3, 0.4) is 0 Å². The van der Waals surface area contributed by atoms with Crippen molar-refractivity contribution in [2.45, 2.75) is 53.5 Å². The lowest BCUT2D eigenvalue weighted by molar-refractivity contribution is -0.133. The maximum Gasteiger partial charge on any atom is 0.250 e. The Morgan fingerprint density at radius 2 is 1.89 bits per heavy atom. The quantitative estimate of drug-likeness (QED) is 0.624. The van der Waals surface area contributed by atoms with Crippen LogP contribution in [0.5, 0.6) is 5.75 Å². The third-order valence-corrected chi connectivity index (χ3v) is 4.73. The summed E-state index contributed by atoms with van der Waals surface area (Å²) in [4.78, 5) is 19.8. The minimum Gasteiger partial charge on any atom is -0.494 e. The predicted molar refractivity (Wildman–Crippen MR) is 109 cm³/mol. The molecule has 0 radical (unpaired) electrons. The average molecular weight is 372 g/mol. The minimum atomic E-state index is -0.402. The van der Waals surface area contributed by atoms with Gasteiger partial charge in [0.2, 0.25) is 5.91 Å². The second kappa shape index (κ2) is 10.1. The number of likely N-dealkylation sites (N-methyl/N-ethyl adjacent to an activating group) is 1. The molecule has 0 spiro atoms. The van der Waals surface area contributed by atoms with Crippen LogP contribution in [0.1, 0.15) is 58.3 Å². The van der Waals surface area contributed by atoms with Crippen LogP contribution in [0.4, 0.5) is 0 Å². The Labute approximate surface area is 163 Å². The molecule has 0 aliphatic heterocycles. The van der Waals surface area contributed by atoms with Crippen molar-refractivity contribution in [3.63, 3.8) is 0 Å². The van der Waals surface area contributed by atoms with E-state index in [1.165, 1.54) is 0 Å². The molecule has 148 valence electrons. The molecular formula is C22H33N3O2. The lowest BCUT2D eigenvalue weighted by Gasteiger charge is -2.28. The largest absolute Gasteiger partial charge is 0.494 e. The summed E-state index contributed by atoms with van der Waals surface area (Å²) in [6.45, 7) is 12.6. The number of hydrogen-bond acceptors (Lipinski definition) is 3. The van der Waals surface area contributed by atoms with Gasteiger partial charge in [0.25, 0.3) is 0 Å². The molecule has 2 aromatic rings. The Kier molecular flexibility index (Phi) is 7.89. The fraction of sp³-hybridized carbons (Fsp3) is 0.545. The molecule has 0 aliphatic carbocycles. The first-order valence-corrected chi connectivity index (χ1v) is 10.0. The van der Waals surface area contributed by atoms with Crippen LogP contribution in [0.15, 0.2) is 36.8 Å². The van der Waals surface area contributed by atoms with E-state index >= 15 is 0 Å². The van der Waals surface area contributed by atoms with Gasteiger partial charge < -0.3 is 14.2 Å². The maximum absolute atomic E-state index is 13.4. The molecule has 1 heterocycles. The summed E-state index contributed by atoms with van der Waals surface area (Å²) < 4.78 is 7.49. The van der Waals surface area contributed by atoms with E-state index in [-0.39, 0.29) is 5.91 Å². The summed E-state index contributed by atoms with van der Waals surface area (Å²) in [5, 5.41) is 0. The molecule has 27 heavy (non-hydrogen) atoms. The third-order valence-electron chi connectivity index (χ3n) is 4.73. The average Bonchev–Trinajstić information content (AvgIpc) is 3.12. The van der Waals surface area contributed by atoms with Crippen LogP contribution in [-0.2, 0) is 11.2 Å². The number of imidazole rings is 1. The topological polar surface area (TPSA) is 47.4 Å². The van der Waals surface area contributed by atoms with E-state index in [1.54, 1.807) is 6.33 Å². The zero-order valence-electron chi connectivity index (χ0n) is 17.3. The fourth-order valence-electron chi connectivity index (χ4n) is 3.07. The van der Waals surface area contributed by atoms with Gasteiger partial charge in [0.15, 0.2) is 0 Å². The van der Waals surface area contributed by atoms with Crippen LogP contribution in [0, 0.1) is 5.92 Å². The number of aryl methyl sites for hydroxylation is 1. The summed E-state index contributed by atoms with van der Waals surface area (Å²) in [5.41, 5.74) is 1.94. The number of ether oxygens (including phenoxy) is 1. The molecule has 0 aliphatic rings. The van der Waals surface area contributed by atoms with Gasteiger partial charge in [-0.1, -0.05) is 32.9 Å². The minimum absolute atomic E-state index is 0.113. The maximum atomic E-state index is 13.4. The zero-order chi connectivity index (χ0) is 19.8. The van der Waals surface area contributed by atoms with Gasteiger partial charge in [-0.05, 0) is 50.3 Å². The smallest absolute Gasteiger partial charge is 0.250 e. The Morgan fingerprint density at radius 3 is 2.41 bits per heavy atom. The van der Waals surface area contributed by atoms with Crippen LogP contribution in [0.25, 0.3) is 0 Å². The Morgan fingerprint density at radius 1 is 1.19 bits per heavy atom. The first-order chi connectivity index (χ1) is 13.0. The highest BCUT2D eigenvalue weighted by atomic mass is 16.5. The van der Waals surface area contributed by atoms with Crippen molar-refractivity contribution >= 4 is 5.91 Å². The molecule has 5 heteroatoms. The van der Waals surface area contributed by atoms with Gasteiger partial charge in [-0.15, -0.1) is 0 Å². The van der Waals surface area contributed by atoms with E-state index in [0.29, 0.717) is 19.1 Å². The van der Waals surface area contributed by atoms with Gasteiger partial charge in [-0.3, -0.25) is 4.79 Å².